The molecule has 22 heavy (non-hydrogen) atoms. The molecule has 1 fully saturated rings. The molecule has 2 aromatic carbocycles. The van der Waals surface area contributed by atoms with E-state index < -0.39 is 0 Å². The third kappa shape index (κ3) is 2.80. The van der Waals surface area contributed by atoms with Gasteiger partial charge < -0.3 is 0 Å². The van der Waals surface area contributed by atoms with Crippen molar-refractivity contribution < 1.29 is 0 Å². The maximum Gasteiger partial charge on any atom is 0.0108 e. The molecule has 3 unspecified atom stereocenters. The maximum atomic E-state index is 2.71. The molecule has 116 valence electrons. The molecule has 0 amide bonds. The van der Waals surface area contributed by atoms with Crippen molar-refractivity contribution in [1.29, 1.82) is 0 Å². The summed E-state index contributed by atoms with van der Waals surface area (Å²) >= 11 is 0. The van der Waals surface area contributed by atoms with Crippen LogP contribution in [0.2, 0.25) is 0 Å². The number of benzene rings is 2. The predicted octanol–water partition coefficient (Wildman–Crippen LogP) is 4.63. The molecule has 1 aliphatic heterocycles. The summed E-state index contributed by atoms with van der Waals surface area (Å²) in [6.45, 7) is 4.87. The summed E-state index contributed by atoms with van der Waals surface area (Å²) in [6, 6.07) is 20.7. The Morgan fingerprint density at radius 3 is 2.05 bits per heavy atom. The van der Waals surface area contributed by atoms with Crippen LogP contribution in [0, 0.1) is 0 Å². The molecule has 3 atom stereocenters. The first-order chi connectivity index (χ1) is 10.3. The van der Waals surface area contributed by atoms with Gasteiger partial charge in [0.25, 0.3) is 0 Å². The molecule has 2 bridgehead atoms. The number of halogens is 1. The summed E-state index contributed by atoms with van der Waals surface area (Å²) < 4.78 is 0. The summed E-state index contributed by atoms with van der Waals surface area (Å²) in [5.41, 5.74) is 4.70. The van der Waals surface area contributed by atoms with Crippen molar-refractivity contribution in [2.45, 2.75) is 37.6 Å². The van der Waals surface area contributed by atoms with Gasteiger partial charge in [-0.3, -0.25) is 4.90 Å². The normalized spacial score (nSPS) is 24.4. The standard InChI is InChI=1S/C20H23N.ClH/c1-15(11-16-7-3-2-4-8-16)21-13-17-12-18(14-21)20-10-6-5-9-19(17)20;/h2-10,15,17-18H,11-14H2,1H3;1H. The Morgan fingerprint density at radius 1 is 0.909 bits per heavy atom. The molecule has 0 spiro atoms. The SMILES string of the molecule is CC(Cc1ccccc1)N1CC2CC(C1)c1ccccc12.Cl. The zero-order valence-corrected chi connectivity index (χ0v) is 13.9. The summed E-state index contributed by atoms with van der Waals surface area (Å²) in [4.78, 5) is 2.71. The van der Waals surface area contributed by atoms with Crippen LogP contribution in [0.4, 0.5) is 0 Å². The van der Waals surface area contributed by atoms with E-state index in [4.69, 9.17) is 0 Å². The van der Waals surface area contributed by atoms with Crippen molar-refractivity contribution in [2.75, 3.05) is 13.1 Å². The Kier molecular flexibility index (Phi) is 4.56. The maximum absolute atomic E-state index is 2.71. The van der Waals surface area contributed by atoms with Crippen LogP contribution in [0.1, 0.15) is 41.9 Å². The number of fused-ring (bicyclic) bond motifs is 5. The second kappa shape index (κ2) is 6.44. The zero-order valence-electron chi connectivity index (χ0n) is 13.1. The summed E-state index contributed by atoms with van der Waals surface area (Å²) in [5.74, 6) is 1.52. The van der Waals surface area contributed by atoms with E-state index >= 15 is 0 Å². The molecular formula is C20H24ClN. The lowest BCUT2D eigenvalue weighted by molar-refractivity contribution is 0.153. The number of hydrogen-bond acceptors (Lipinski definition) is 1. The molecule has 0 aromatic heterocycles. The molecule has 2 heteroatoms. The fourth-order valence-corrected chi connectivity index (χ4v) is 4.28. The minimum Gasteiger partial charge on any atom is -0.299 e. The summed E-state index contributed by atoms with van der Waals surface area (Å²) in [7, 11) is 0. The van der Waals surface area contributed by atoms with Gasteiger partial charge in [0, 0.05) is 19.1 Å². The molecular weight excluding hydrogens is 290 g/mol. The Morgan fingerprint density at radius 2 is 1.45 bits per heavy atom. The van der Waals surface area contributed by atoms with Gasteiger partial charge in [-0.25, -0.2) is 0 Å². The molecule has 2 aromatic rings. The van der Waals surface area contributed by atoms with E-state index in [1.54, 1.807) is 11.1 Å². The van der Waals surface area contributed by atoms with E-state index in [1.807, 2.05) is 0 Å². The van der Waals surface area contributed by atoms with Crippen LogP contribution in [-0.2, 0) is 6.42 Å². The van der Waals surface area contributed by atoms with Crippen molar-refractivity contribution in [2.24, 2.45) is 0 Å². The van der Waals surface area contributed by atoms with Gasteiger partial charge in [-0.05, 0) is 48.3 Å². The van der Waals surface area contributed by atoms with Crippen molar-refractivity contribution in [3.8, 4) is 0 Å². The number of nitrogens with zero attached hydrogens (tertiary/aromatic N) is 1. The van der Waals surface area contributed by atoms with E-state index in [1.165, 1.54) is 25.1 Å². The highest BCUT2D eigenvalue weighted by Crippen LogP contribution is 2.46. The average molecular weight is 314 g/mol. The van der Waals surface area contributed by atoms with Gasteiger partial charge in [0.1, 0.15) is 0 Å². The first-order valence-electron chi connectivity index (χ1n) is 8.18. The molecule has 0 saturated carbocycles. The lowest BCUT2D eigenvalue weighted by atomic mass is 9.93. The molecule has 1 aliphatic carbocycles. The van der Waals surface area contributed by atoms with Gasteiger partial charge in [-0.15, -0.1) is 12.4 Å². The van der Waals surface area contributed by atoms with Gasteiger partial charge in [0.2, 0.25) is 0 Å². The van der Waals surface area contributed by atoms with Crippen LogP contribution in [0.3, 0.4) is 0 Å². The van der Waals surface area contributed by atoms with Gasteiger partial charge in [-0.2, -0.15) is 0 Å². The van der Waals surface area contributed by atoms with Crippen LogP contribution in [0.5, 0.6) is 0 Å². The first kappa shape index (κ1) is 15.6. The minimum absolute atomic E-state index is 0. The topological polar surface area (TPSA) is 3.24 Å². The highest BCUT2D eigenvalue weighted by atomic mass is 35.5. The van der Waals surface area contributed by atoms with Gasteiger partial charge in [0.05, 0.1) is 0 Å². The number of likely N-dealkylation sites (tertiary alicyclic amines) is 1. The van der Waals surface area contributed by atoms with Gasteiger partial charge in [0.15, 0.2) is 0 Å². The van der Waals surface area contributed by atoms with E-state index in [2.05, 4.69) is 66.4 Å². The van der Waals surface area contributed by atoms with Gasteiger partial charge in [-0.1, -0.05) is 54.6 Å². The van der Waals surface area contributed by atoms with E-state index in [0.717, 1.165) is 18.3 Å². The van der Waals surface area contributed by atoms with Crippen LogP contribution < -0.4 is 0 Å². The lowest BCUT2D eigenvalue weighted by Crippen LogP contribution is -2.42. The quantitative estimate of drug-likeness (QED) is 0.799. The van der Waals surface area contributed by atoms with E-state index in [0.29, 0.717) is 6.04 Å². The highest BCUT2D eigenvalue weighted by molar-refractivity contribution is 5.85. The molecule has 4 rings (SSSR count). The summed E-state index contributed by atoms with van der Waals surface area (Å²) in [6.07, 6.45) is 2.53. The third-order valence-corrected chi connectivity index (χ3v) is 5.35. The predicted molar refractivity (Wildman–Crippen MR) is 95.0 cm³/mol. The molecule has 0 radical (unpaired) electrons. The number of piperidine rings is 1. The van der Waals surface area contributed by atoms with Crippen LogP contribution in [-0.4, -0.2) is 24.0 Å². The van der Waals surface area contributed by atoms with Crippen LogP contribution >= 0.6 is 12.4 Å². The van der Waals surface area contributed by atoms with Crippen molar-refractivity contribution in [1.82, 2.24) is 4.90 Å². The fraction of sp³-hybridized carbons (Fsp3) is 0.400. The second-order valence-electron chi connectivity index (χ2n) is 6.75. The lowest BCUT2D eigenvalue weighted by Gasteiger charge is -2.36. The fourth-order valence-electron chi connectivity index (χ4n) is 4.28. The Balaban J connectivity index is 0.00000144. The van der Waals surface area contributed by atoms with Crippen molar-refractivity contribution in [3.63, 3.8) is 0 Å². The van der Waals surface area contributed by atoms with Crippen molar-refractivity contribution in [3.05, 3.63) is 71.3 Å². The number of hydrogen-bond donors (Lipinski definition) is 0. The first-order valence-corrected chi connectivity index (χ1v) is 8.18. The van der Waals surface area contributed by atoms with E-state index in [9.17, 15) is 0 Å². The molecule has 1 nitrogen and oxygen atoms in total. The molecule has 1 heterocycles. The zero-order chi connectivity index (χ0) is 14.2. The average Bonchev–Trinajstić information content (AvgIpc) is 2.79. The van der Waals surface area contributed by atoms with E-state index in [-0.39, 0.29) is 12.4 Å². The van der Waals surface area contributed by atoms with Crippen LogP contribution in [0.25, 0.3) is 0 Å². The number of rotatable bonds is 3. The smallest absolute Gasteiger partial charge is 0.0108 e. The highest BCUT2D eigenvalue weighted by Gasteiger charge is 2.38. The molecule has 2 aliphatic rings. The third-order valence-electron chi connectivity index (χ3n) is 5.35. The van der Waals surface area contributed by atoms with Crippen LogP contribution in [0.15, 0.2) is 54.6 Å². The largest absolute Gasteiger partial charge is 0.299 e. The second-order valence-corrected chi connectivity index (χ2v) is 6.75. The van der Waals surface area contributed by atoms with Gasteiger partial charge >= 0.3 is 0 Å². The van der Waals surface area contributed by atoms with Crippen molar-refractivity contribution >= 4 is 12.4 Å². The molecule has 0 N–H and O–H groups in total. The Hall–Kier alpha value is -1.31. The molecule has 1 saturated heterocycles. The monoisotopic (exact) mass is 313 g/mol. The minimum atomic E-state index is 0. The summed E-state index contributed by atoms with van der Waals surface area (Å²) in [5, 5.41) is 0. The Labute approximate surface area is 139 Å². The Bertz CT molecular complexity index is 594.